The van der Waals surface area contributed by atoms with E-state index in [4.69, 9.17) is 9.47 Å². The predicted octanol–water partition coefficient (Wildman–Crippen LogP) is 10.5. The van der Waals surface area contributed by atoms with Crippen LogP contribution < -0.4 is 9.47 Å². The lowest BCUT2D eigenvalue weighted by Gasteiger charge is -2.25. The average molecular weight is 501 g/mol. The lowest BCUT2D eigenvalue weighted by molar-refractivity contribution is -0.131. The number of ether oxygens (including phenoxy) is 2. The van der Waals surface area contributed by atoms with Gasteiger partial charge in [-0.3, -0.25) is 4.79 Å². The highest BCUT2D eigenvalue weighted by molar-refractivity contribution is 5.69. The van der Waals surface area contributed by atoms with Gasteiger partial charge in [0.15, 0.2) is 0 Å². The molecule has 36 heavy (non-hydrogen) atoms. The quantitative estimate of drug-likeness (QED) is 0.202. The Kier molecular flexibility index (Phi) is 21.9. The van der Waals surface area contributed by atoms with Crippen molar-refractivity contribution in [3.63, 3.8) is 0 Å². The molecule has 0 aromatic heterocycles. The Labute approximate surface area is 224 Å². The maximum atomic E-state index is 10.9. The smallest absolute Gasteiger partial charge is 0.308 e. The second-order valence-electron chi connectivity index (χ2n) is 9.16. The van der Waals surface area contributed by atoms with Gasteiger partial charge in [0.1, 0.15) is 11.5 Å². The molecule has 1 atom stereocenters. The molecule has 2 rings (SSSR count). The van der Waals surface area contributed by atoms with Crippen molar-refractivity contribution < 1.29 is 14.3 Å². The predicted molar refractivity (Wildman–Crippen MR) is 159 cm³/mol. The first-order valence-corrected chi connectivity index (χ1v) is 14.1. The van der Waals surface area contributed by atoms with E-state index in [1.165, 1.54) is 49.3 Å². The van der Waals surface area contributed by atoms with E-state index in [0.29, 0.717) is 5.75 Å². The summed E-state index contributed by atoms with van der Waals surface area (Å²) < 4.78 is 10.9. The third-order valence-electron chi connectivity index (χ3n) is 5.40. The normalized spacial score (nSPS) is 14.3. The number of benzene rings is 1. The molecule has 0 aliphatic carbocycles. The van der Waals surface area contributed by atoms with Crippen LogP contribution in [0.25, 0.3) is 0 Å². The standard InChI is InChI=1S/C16H28.C13H16O3.2C2H6/c1-6-9-15(4)12-8-13-16(5)11-7-10-14(2)3;1-8-6-12(16-10(3)14)7-11-5-4-9(2)15-13(8)11;2*1-2/h9-10,13H,6-8,11-12H2,1-5H3;6-7,9H,4-5H2,1-3H3;2*1-2H3/b15-9+,16-13+;;;. The molecule has 0 fully saturated rings. The molecule has 1 heterocycles. The number of carbonyl (C=O) groups excluding carboxylic acids is 1. The summed E-state index contributed by atoms with van der Waals surface area (Å²) in [4.78, 5) is 10.9. The fraction of sp³-hybridized carbons (Fsp3) is 0.606. The molecule has 1 aliphatic heterocycles. The van der Waals surface area contributed by atoms with Crippen LogP contribution >= 0.6 is 0 Å². The second-order valence-corrected chi connectivity index (χ2v) is 9.16. The Balaban J connectivity index is 0. The van der Waals surface area contributed by atoms with Gasteiger partial charge in [-0.2, -0.15) is 0 Å². The van der Waals surface area contributed by atoms with Crippen LogP contribution in [-0.2, 0) is 11.2 Å². The summed E-state index contributed by atoms with van der Waals surface area (Å²) in [6.45, 7) is 24.5. The van der Waals surface area contributed by atoms with E-state index in [1.54, 1.807) is 0 Å². The van der Waals surface area contributed by atoms with Gasteiger partial charge in [-0.05, 0) is 110 Å². The number of allylic oxidation sites excluding steroid dienone is 6. The van der Waals surface area contributed by atoms with Crippen molar-refractivity contribution in [2.75, 3.05) is 0 Å². The van der Waals surface area contributed by atoms with E-state index in [-0.39, 0.29) is 12.1 Å². The molecule has 1 aromatic carbocycles. The molecule has 3 nitrogen and oxygen atoms in total. The molecule has 0 radical (unpaired) electrons. The minimum Gasteiger partial charge on any atom is -0.490 e. The van der Waals surface area contributed by atoms with Crippen molar-refractivity contribution >= 4 is 5.97 Å². The Morgan fingerprint density at radius 1 is 0.944 bits per heavy atom. The first-order chi connectivity index (χ1) is 17.1. The van der Waals surface area contributed by atoms with Gasteiger partial charge >= 0.3 is 5.97 Å². The second kappa shape index (κ2) is 21.9. The van der Waals surface area contributed by atoms with Gasteiger partial charge in [-0.15, -0.1) is 0 Å². The van der Waals surface area contributed by atoms with Crippen LogP contribution in [0.4, 0.5) is 0 Å². The van der Waals surface area contributed by atoms with Crippen LogP contribution in [0.15, 0.2) is 47.1 Å². The average Bonchev–Trinajstić information content (AvgIpc) is 2.82. The fourth-order valence-corrected chi connectivity index (χ4v) is 3.70. The number of fused-ring (bicyclic) bond motifs is 1. The Morgan fingerprint density at radius 2 is 1.50 bits per heavy atom. The minimum atomic E-state index is -0.288. The first kappa shape index (κ1) is 35.9. The zero-order valence-electron chi connectivity index (χ0n) is 25.6. The summed E-state index contributed by atoms with van der Waals surface area (Å²) in [6.07, 6.45) is 15.3. The zero-order chi connectivity index (χ0) is 28.1. The van der Waals surface area contributed by atoms with E-state index >= 15 is 0 Å². The van der Waals surface area contributed by atoms with Crippen LogP contribution in [0.2, 0.25) is 0 Å². The number of carbonyl (C=O) groups is 1. The van der Waals surface area contributed by atoms with E-state index < -0.39 is 0 Å². The maximum Gasteiger partial charge on any atom is 0.308 e. The van der Waals surface area contributed by atoms with Gasteiger partial charge in [-0.25, -0.2) is 0 Å². The van der Waals surface area contributed by atoms with Gasteiger partial charge < -0.3 is 9.47 Å². The molecule has 0 N–H and O–H groups in total. The van der Waals surface area contributed by atoms with Crippen LogP contribution in [-0.4, -0.2) is 12.1 Å². The van der Waals surface area contributed by atoms with Crippen LogP contribution in [0.1, 0.15) is 126 Å². The summed E-state index contributed by atoms with van der Waals surface area (Å²) in [7, 11) is 0. The Hall–Kier alpha value is -2.29. The molecule has 0 saturated heterocycles. The van der Waals surface area contributed by atoms with Gasteiger partial charge in [0.25, 0.3) is 0 Å². The first-order valence-electron chi connectivity index (χ1n) is 14.1. The highest BCUT2D eigenvalue weighted by atomic mass is 16.5. The maximum absolute atomic E-state index is 10.9. The molecule has 0 saturated carbocycles. The lowest BCUT2D eigenvalue weighted by atomic mass is 10.00. The van der Waals surface area contributed by atoms with Crippen molar-refractivity contribution in [1.29, 1.82) is 0 Å². The summed E-state index contributed by atoms with van der Waals surface area (Å²) in [6, 6.07) is 3.74. The van der Waals surface area contributed by atoms with Crippen LogP contribution in [0.5, 0.6) is 11.5 Å². The third-order valence-corrected chi connectivity index (χ3v) is 5.40. The lowest BCUT2D eigenvalue weighted by Crippen LogP contribution is -2.19. The number of hydrogen-bond acceptors (Lipinski definition) is 3. The summed E-state index contributed by atoms with van der Waals surface area (Å²) in [5.41, 5.74) is 6.64. The van der Waals surface area contributed by atoms with Crippen LogP contribution in [0, 0.1) is 6.92 Å². The zero-order valence-corrected chi connectivity index (χ0v) is 25.6. The molecule has 3 heteroatoms. The molecule has 0 bridgehead atoms. The van der Waals surface area contributed by atoms with Gasteiger partial charge in [0.05, 0.1) is 6.10 Å². The molecule has 1 aliphatic rings. The summed E-state index contributed by atoms with van der Waals surface area (Å²) in [5, 5.41) is 0. The van der Waals surface area contributed by atoms with Crippen molar-refractivity contribution in [3.05, 3.63) is 58.2 Å². The largest absolute Gasteiger partial charge is 0.490 e. The van der Waals surface area contributed by atoms with Crippen molar-refractivity contribution in [2.45, 2.75) is 134 Å². The molecule has 206 valence electrons. The minimum absolute atomic E-state index is 0.269. The van der Waals surface area contributed by atoms with Crippen molar-refractivity contribution in [2.24, 2.45) is 0 Å². The highest BCUT2D eigenvalue weighted by Crippen LogP contribution is 2.34. The van der Waals surface area contributed by atoms with Gasteiger partial charge in [-0.1, -0.05) is 69.6 Å². The topological polar surface area (TPSA) is 35.5 Å². The SMILES string of the molecule is CC.CC.CC(=O)Oc1cc(C)c2c(c1)CCC(C)O2.CC/C=C(\C)CC/C=C(\C)CCC=C(C)C. The molecule has 1 unspecified atom stereocenters. The Bertz CT molecular complexity index is 824. The molecule has 0 spiro atoms. The van der Waals surface area contributed by atoms with E-state index in [0.717, 1.165) is 36.1 Å². The monoisotopic (exact) mass is 500 g/mol. The Morgan fingerprint density at radius 3 is 2.03 bits per heavy atom. The third kappa shape index (κ3) is 17.2. The van der Waals surface area contributed by atoms with E-state index in [2.05, 4.69) is 59.8 Å². The van der Waals surface area contributed by atoms with Gasteiger partial charge in [0.2, 0.25) is 0 Å². The fourth-order valence-electron chi connectivity index (χ4n) is 3.70. The summed E-state index contributed by atoms with van der Waals surface area (Å²) in [5.74, 6) is 1.28. The van der Waals surface area contributed by atoms with Crippen LogP contribution in [0.3, 0.4) is 0 Å². The number of hydrogen-bond donors (Lipinski definition) is 0. The van der Waals surface area contributed by atoms with E-state index in [9.17, 15) is 4.79 Å². The number of aryl methyl sites for hydroxylation is 2. The summed E-state index contributed by atoms with van der Waals surface area (Å²) >= 11 is 0. The molecule has 1 aromatic rings. The van der Waals surface area contributed by atoms with E-state index in [1.807, 2.05) is 46.8 Å². The molecular formula is C33H56O3. The number of rotatable bonds is 8. The molecule has 0 amide bonds. The van der Waals surface area contributed by atoms with Crippen molar-refractivity contribution in [3.8, 4) is 11.5 Å². The van der Waals surface area contributed by atoms with Crippen molar-refractivity contribution in [1.82, 2.24) is 0 Å². The van der Waals surface area contributed by atoms with Gasteiger partial charge in [0, 0.05) is 6.92 Å². The molecular weight excluding hydrogens is 444 g/mol. The highest BCUT2D eigenvalue weighted by Gasteiger charge is 2.19. The number of esters is 1.